The van der Waals surface area contributed by atoms with Gasteiger partial charge >= 0.3 is 0 Å². The zero-order valence-electron chi connectivity index (χ0n) is 14.2. The molecule has 24 heavy (non-hydrogen) atoms. The van der Waals surface area contributed by atoms with Crippen molar-refractivity contribution in [3.8, 4) is 5.69 Å². The van der Waals surface area contributed by atoms with E-state index in [0.29, 0.717) is 12.5 Å². The molecule has 6 heteroatoms. The minimum Gasteiger partial charge on any atom is -0.330 e. The van der Waals surface area contributed by atoms with Gasteiger partial charge in [-0.15, -0.1) is 12.4 Å². The van der Waals surface area contributed by atoms with Gasteiger partial charge in [-0.05, 0) is 63.4 Å². The van der Waals surface area contributed by atoms with Crippen molar-refractivity contribution in [1.29, 1.82) is 0 Å². The number of nitrogens with zero attached hydrogens (tertiary/aromatic N) is 2. The number of carbonyl (C=O) groups excluding carboxylic acids is 1. The van der Waals surface area contributed by atoms with Gasteiger partial charge in [-0.3, -0.25) is 4.79 Å². The van der Waals surface area contributed by atoms with Gasteiger partial charge in [0, 0.05) is 17.3 Å². The summed E-state index contributed by atoms with van der Waals surface area (Å²) in [5.41, 5.74) is 9.60. The summed E-state index contributed by atoms with van der Waals surface area (Å²) in [5.74, 6) is 0.440. The first-order chi connectivity index (χ1) is 11.1. The number of carbonyl (C=O) groups is 1. The summed E-state index contributed by atoms with van der Waals surface area (Å²) >= 11 is 0. The minimum absolute atomic E-state index is 0. The van der Waals surface area contributed by atoms with E-state index in [2.05, 4.69) is 10.4 Å². The van der Waals surface area contributed by atoms with Crippen LogP contribution in [0.25, 0.3) is 5.69 Å². The number of aryl methyl sites for hydroxylation is 2. The van der Waals surface area contributed by atoms with Gasteiger partial charge in [0.05, 0.1) is 11.4 Å². The van der Waals surface area contributed by atoms with E-state index in [1.807, 2.05) is 48.9 Å². The third-order valence-corrected chi connectivity index (χ3v) is 4.67. The molecule has 0 radical (unpaired) electrons. The van der Waals surface area contributed by atoms with E-state index in [9.17, 15) is 4.79 Å². The highest BCUT2D eigenvalue weighted by molar-refractivity contribution is 5.93. The number of aromatic nitrogens is 2. The summed E-state index contributed by atoms with van der Waals surface area (Å²) in [7, 11) is 0. The third kappa shape index (κ3) is 3.79. The molecule has 2 atom stereocenters. The summed E-state index contributed by atoms with van der Waals surface area (Å²) in [4.78, 5) is 12.5. The number of nitrogens with one attached hydrogen (secondary N) is 1. The highest BCUT2D eigenvalue weighted by Gasteiger charge is 2.31. The quantitative estimate of drug-likeness (QED) is 0.890. The normalized spacial score (nSPS) is 19.8. The van der Waals surface area contributed by atoms with E-state index in [0.717, 1.165) is 42.0 Å². The van der Waals surface area contributed by atoms with Crippen LogP contribution in [0.4, 0.5) is 5.69 Å². The number of anilines is 1. The third-order valence-electron chi connectivity index (χ3n) is 4.67. The van der Waals surface area contributed by atoms with Crippen molar-refractivity contribution in [3.63, 3.8) is 0 Å². The molecule has 1 heterocycles. The van der Waals surface area contributed by atoms with E-state index in [-0.39, 0.29) is 24.2 Å². The van der Waals surface area contributed by atoms with E-state index in [1.54, 1.807) is 0 Å². The highest BCUT2D eigenvalue weighted by Crippen LogP contribution is 2.32. The van der Waals surface area contributed by atoms with Gasteiger partial charge in [0.25, 0.3) is 0 Å². The smallest absolute Gasteiger partial charge is 0.227 e. The van der Waals surface area contributed by atoms with Crippen molar-refractivity contribution < 1.29 is 4.79 Å². The molecular formula is C18H25ClN4O. The second-order valence-electron chi connectivity index (χ2n) is 6.41. The molecule has 1 aromatic heterocycles. The molecule has 0 aliphatic heterocycles. The average Bonchev–Trinajstić information content (AvgIpc) is 3.13. The Morgan fingerprint density at radius 3 is 2.79 bits per heavy atom. The monoisotopic (exact) mass is 348 g/mol. The number of hydrogen-bond donors (Lipinski definition) is 2. The largest absolute Gasteiger partial charge is 0.330 e. The molecule has 1 aliphatic rings. The van der Waals surface area contributed by atoms with E-state index >= 15 is 0 Å². The van der Waals surface area contributed by atoms with Gasteiger partial charge in [-0.1, -0.05) is 12.5 Å². The molecule has 0 spiro atoms. The van der Waals surface area contributed by atoms with Gasteiger partial charge in [0.1, 0.15) is 0 Å². The Kier molecular flexibility index (Phi) is 6.02. The number of rotatable bonds is 4. The Balaban J connectivity index is 0.00000208. The molecule has 2 aromatic rings. The Bertz CT molecular complexity index is 713. The van der Waals surface area contributed by atoms with Crippen LogP contribution in [0.1, 0.15) is 30.7 Å². The van der Waals surface area contributed by atoms with Crippen LogP contribution in [-0.2, 0) is 4.79 Å². The lowest BCUT2D eigenvalue weighted by molar-refractivity contribution is -0.120. The van der Waals surface area contributed by atoms with Gasteiger partial charge in [-0.25, -0.2) is 4.68 Å². The van der Waals surface area contributed by atoms with Crippen molar-refractivity contribution in [1.82, 2.24) is 9.78 Å². The van der Waals surface area contributed by atoms with Crippen molar-refractivity contribution >= 4 is 24.0 Å². The minimum atomic E-state index is 0. The van der Waals surface area contributed by atoms with E-state index in [1.165, 1.54) is 0 Å². The molecule has 3 rings (SSSR count). The van der Waals surface area contributed by atoms with Crippen LogP contribution in [0.3, 0.4) is 0 Å². The second kappa shape index (κ2) is 7.81. The summed E-state index contributed by atoms with van der Waals surface area (Å²) < 4.78 is 1.89. The molecule has 1 fully saturated rings. The zero-order valence-corrected chi connectivity index (χ0v) is 15.0. The molecule has 1 saturated carbocycles. The van der Waals surface area contributed by atoms with Crippen molar-refractivity contribution in [2.24, 2.45) is 17.6 Å². The lowest BCUT2D eigenvalue weighted by atomic mass is 9.95. The Labute approximate surface area is 149 Å². The molecule has 0 bridgehead atoms. The maximum absolute atomic E-state index is 12.5. The first kappa shape index (κ1) is 18.5. The molecule has 130 valence electrons. The maximum Gasteiger partial charge on any atom is 0.227 e. The van der Waals surface area contributed by atoms with Crippen LogP contribution in [0.15, 0.2) is 30.3 Å². The fourth-order valence-electron chi connectivity index (χ4n) is 3.50. The predicted octanol–water partition coefficient (Wildman–Crippen LogP) is 3.22. The summed E-state index contributed by atoms with van der Waals surface area (Å²) in [6.45, 7) is 4.59. The maximum atomic E-state index is 12.5. The molecular weight excluding hydrogens is 324 g/mol. The Morgan fingerprint density at radius 2 is 2.12 bits per heavy atom. The molecule has 5 nitrogen and oxygen atoms in total. The van der Waals surface area contributed by atoms with Gasteiger partial charge < -0.3 is 11.1 Å². The van der Waals surface area contributed by atoms with Crippen molar-refractivity contribution in [3.05, 3.63) is 41.7 Å². The summed E-state index contributed by atoms with van der Waals surface area (Å²) in [6, 6.07) is 9.85. The standard InChI is InChI=1S/C18H24N4O.ClH/c1-12-9-13(2)22(21-12)16-7-4-6-15(10-16)20-18(23)17-8-3-5-14(17)11-19;/h4,6-7,9-10,14,17H,3,5,8,11,19H2,1-2H3,(H,20,23);1H/t14-,17-;/m1./s1. The number of amides is 1. The van der Waals surface area contributed by atoms with Crippen LogP contribution >= 0.6 is 12.4 Å². The summed E-state index contributed by atoms with van der Waals surface area (Å²) in [6.07, 6.45) is 3.08. The van der Waals surface area contributed by atoms with Gasteiger partial charge in [0.15, 0.2) is 0 Å². The fourth-order valence-corrected chi connectivity index (χ4v) is 3.50. The van der Waals surface area contributed by atoms with E-state index in [4.69, 9.17) is 5.73 Å². The zero-order chi connectivity index (χ0) is 16.4. The van der Waals surface area contributed by atoms with Gasteiger partial charge in [-0.2, -0.15) is 5.10 Å². The highest BCUT2D eigenvalue weighted by atomic mass is 35.5. The molecule has 1 amide bonds. The lowest BCUT2D eigenvalue weighted by Gasteiger charge is -2.17. The van der Waals surface area contributed by atoms with Crippen molar-refractivity contribution in [2.75, 3.05) is 11.9 Å². The summed E-state index contributed by atoms with van der Waals surface area (Å²) in [5, 5.41) is 7.54. The number of hydrogen-bond acceptors (Lipinski definition) is 3. The Hall–Kier alpha value is -1.85. The van der Waals surface area contributed by atoms with E-state index < -0.39 is 0 Å². The molecule has 1 aromatic carbocycles. The number of nitrogens with two attached hydrogens (primary N) is 1. The number of benzene rings is 1. The van der Waals surface area contributed by atoms with Crippen LogP contribution in [-0.4, -0.2) is 22.2 Å². The van der Waals surface area contributed by atoms with Crippen LogP contribution in [0, 0.1) is 25.7 Å². The number of halogens is 1. The molecule has 1 aliphatic carbocycles. The second-order valence-corrected chi connectivity index (χ2v) is 6.41. The molecule has 3 N–H and O–H groups in total. The topological polar surface area (TPSA) is 72.9 Å². The average molecular weight is 349 g/mol. The molecule has 0 unspecified atom stereocenters. The van der Waals surface area contributed by atoms with Crippen LogP contribution in [0.5, 0.6) is 0 Å². The predicted molar refractivity (Wildman–Crippen MR) is 98.8 cm³/mol. The molecule has 0 saturated heterocycles. The van der Waals surface area contributed by atoms with Crippen molar-refractivity contribution in [2.45, 2.75) is 33.1 Å². The first-order valence-electron chi connectivity index (χ1n) is 8.23. The van der Waals surface area contributed by atoms with Crippen LogP contribution in [0.2, 0.25) is 0 Å². The Morgan fingerprint density at radius 1 is 1.33 bits per heavy atom. The lowest BCUT2D eigenvalue weighted by Crippen LogP contribution is -2.29. The van der Waals surface area contributed by atoms with Crippen LogP contribution < -0.4 is 11.1 Å². The SMILES string of the molecule is Cc1cc(C)n(-c2cccc(NC(=O)[C@@H]3CCC[C@@H]3CN)c2)n1.Cl. The fraction of sp³-hybridized carbons (Fsp3) is 0.444. The first-order valence-corrected chi connectivity index (χ1v) is 8.23. The van der Waals surface area contributed by atoms with Gasteiger partial charge in [0.2, 0.25) is 5.91 Å².